The van der Waals surface area contributed by atoms with Gasteiger partial charge in [0.2, 0.25) is 5.88 Å². The van der Waals surface area contributed by atoms with E-state index in [1.807, 2.05) is 0 Å². The van der Waals surface area contributed by atoms with Crippen LogP contribution in [0.4, 0.5) is 26.3 Å². The molecule has 0 radical (unpaired) electrons. The number of aromatic nitrogens is 1. The van der Waals surface area contributed by atoms with E-state index in [1.165, 1.54) is 6.20 Å². The molecule has 1 N–H and O–H groups in total. The largest absolute Gasteiger partial charge is 0.439 e. The fourth-order valence-electron chi connectivity index (χ4n) is 2.90. The quantitative estimate of drug-likeness (QED) is 0.273. The number of benzene rings is 1. The van der Waals surface area contributed by atoms with Gasteiger partial charge in [0.1, 0.15) is 12.5 Å². The Hall–Kier alpha value is -1.85. The second kappa shape index (κ2) is 9.52. The summed E-state index contributed by atoms with van der Waals surface area (Å²) in [6.45, 7) is -0.0607. The van der Waals surface area contributed by atoms with Crippen LogP contribution in [-0.4, -0.2) is 29.2 Å². The second-order valence-electron chi connectivity index (χ2n) is 6.26. The first kappa shape index (κ1) is 24.4. The van der Waals surface area contributed by atoms with Crippen LogP contribution in [0.15, 0.2) is 36.5 Å². The topological polar surface area (TPSA) is 51.6 Å². The Morgan fingerprint density at radius 1 is 1.03 bits per heavy atom. The van der Waals surface area contributed by atoms with E-state index < -0.39 is 30.3 Å². The molecule has 11 heteroatoms. The third-order valence-electron chi connectivity index (χ3n) is 4.23. The van der Waals surface area contributed by atoms with Crippen molar-refractivity contribution in [2.24, 2.45) is 0 Å². The van der Waals surface area contributed by atoms with Crippen LogP contribution in [0.3, 0.4) is 0 Å². The fourth-order valence-corrected chi connectivity index (χ4v) is 3.25. The lowest BCUT2D eigenvalue weighted by Crippen LogP contribution is -2.56. The standard InChI is InChI=1S/C19H18BrF6NO3/c1-2-3-13-9-14(17(29-11-28,18(21,22)23)19(24,25)26)4-5-15(13)30-16-8-12(10-20)6-7-27-16/h4-9,28H,2-3,10-11H2,1H3. The van der Waals surface area contributed by atoms with Crippen molar-refractivity contribution in [1.82, 2.24) is 4.98 Å². The predicted molar refractivity (Wildman–Crippen MR) is 99.3 cm³/mol. The van der Waals surface area contributed by atoms with E-state index in [-0.39, 0.29) is 23.6 Å². The lowest BCUT2D eigenvalue weighted by atomic mass is 9.89. The Morgan fingerprint density at radius 3 is 2.23 bits per heavy atom. The lowest BCUT2D eigenvalue weighted by molar-refractivity contribution is -0.399. The van der Waals surface area contributed by atoms with E-state index in [9.17, 15) is 26.3 Å². The molecule has 0 bridgehead atoms. The van der Waals surface area contributed by atoms with E-state index >= 15 is 0 Å². The number of aliphatic hydroxyl groups is 1. The van der Waals surface area contributed by atoms with Gasteiger partial charge in [-0.2, -0.15) is 26.3 Å². The first-order chi connectivity index (χ1) is 14.0. The molecule has 30 heavy (non-hydrogen) atoms. The highest BCUT2D eigenvalue weighted by molar-refractivity contribution is 9.08. The highest BCUT2D eigenvalue weighted by atomic mass is 79.9. The molecular weight excluding hydrogens is 484 g/mol. The van der Waals surface area contributed by atoms with E-state index in [0.29, 0.717) is 17.8 Å². The first-order valence-corrected chi connectivity index (χ1v) is 9.82. The minimum atomic E-state index is -5.87. The molecule has 1 aromatic heterocycles. The number of hydrogen-bond acceptors (Lipinski definition) is 4. The minimum absolute atomic E-state index is 0.0714. The zero-order valence-corrected chi connectivity index (χ0v) is 17.2. The molecule has 0 aliphatic rings. The molecule has 0 spiro atoms. The lowest BCUT2D eigenvalue weighted by Gasteiger charge is -2.37. The molecule has 0 aliphatic heterocycles. The summed E-state index contributed by atoms with van der Waals surface area (Å²) < 4.78 is 91.1. The van der Waals surface area contributed by atoms with Crippen molar-refractivity contribution in [1.29, 1.82) is 0 Å². The third kappa shape index (κ3) is 4.89. The van der Waals surface area contributed by atoms with Crippen LogP contribution in [0, 0.1) is 0 Å². The SMILES string of the molecule is CCCc1cc(C(OCO)(C(F)(F)F)C(F)(F)F)ccc1Oc1cc(CBr)ccn1. The van der Waals surface area contributed by atoms with Crippen LogP contribution in [0.25, 0.3) is 0 Å². The van der Waals surface area contributed by atoms with E-state index in [4.69, 9.17) is 9.84 Å². The van der Waals surface area contributed by atoms with Gasteiger partial charge >= 0.3 is 12.4 Å². The van der Waals surface area contributed by atoms with Crippen molar-refractivity contribution in [2.75, 3.05) is 6.79 Å². The molecule has 0 saturated carbocycles. The minimum Gasteiger partial charge on any atom is -0.439 e. The van der Waals surface area contributed by atoms with Gasteiger partial charge in [-0.05, 0) is 35.7 Å². The van der Waals surface area contributed by atoms with Gasteiger partial charge in [-0.1, -0.05) is 35.3 Å². The number of alkyl halides is 7. The number of hydrogen-bond donors (Lipinski definition) is 1. The molecule has 0 aliphatic carbocycles. The van der Waals surface area contributed by atoms with Crippen LogP contribution < -0.4 is 4.74 Å². The summed E-state index contributed by atoms with van der Waals surface area (Å²) in [6.07, 6.45) is -9.70. The summed E-state index contributed by atoms with van der Waals surface area (Å²) in [6, 6.07) is 5.67. The Bertz CT molecular complexity index is 843. The van der Waals surface area contributed by atoms with Crippen molar-refractivity contribution in [3.8, 4) is 11.6 Å². The molecule has 0 fully saturated rings. The molecule has 2 aromatic rings. The molecule has 1 heterocycles. The van der Waals surface area contributed by atoms with Gasteiger partial charge < -0.3 is 14.6 Å². The maximum absolute atomic E-state index is 13.6. The molecule has 0 amide bonds. The fraction of sp³-hybridized carbons (Fsp3) is 0.421. The monoisotopic (exact) mass is 501 g/mol. The molecule has 0 saturated heterocycles. The van der Waals surface area contributed by atoms with Crippen molar-refractivity contribution >= 4 is 15.9 Å². The van der Waals surface area contributed by atoms with Gasteiger partial charge in [-0.15, -0.1) is 0 Å². The number of ether oxygens (including phenoxy) is 2. The summed E-state index contributed by atoms with van der Waals surface area (Å²) in [5, 5.41) is 9.31. The van der Waals surface area contributed by atoms with Crippen molar-refractivity contribution < 1.29 is 40.9 Å². The summed E-state index contributed by atoms with van der Waals surface area (Å²) in [5.41, 5.74) is -4.95. The van der Waals surface area contributed by atoms with Crippen LogP contribution in [0.2, 0.25) is 0 Å². The summed E-state index contributed by atoms with van der Waals surface area (Å²) in [7, 11) is 0. The molecular formula is C19H18BrF6NO3. The van der Waals surface area contributed by atoms with Crippen LogP contribution in [-0.2, 0) is 22.1 Å². The van der Waals surface area contributed by atoms with Gasteiger partial charge in [0.15, 0.2) is 0 Å². The highest BCUT2D eigenvalue weighted by Crippen LogP contribution is 2.53. The van der Waals surface area contributed by atoms with Crippen LogP contribution in [0.5, 0.6) is 11.6 Å². The maximum Gasteiger partial charge on any atom is 0.430 e. The number of halogens is 7. The van der Waals surface area contributed by atoms with E-state index in [0.717, 1.165) is 17.7 Å². The Kier molecular flexibility index (Phi) is 7.75. The molecule has 2 rings (SSSR count). The van der Waals surface area contributed by atoms with E-state index in [2.05, 4.69) is 25.7 Å². The predicted octanol–water partition coefficient (Wildman–Crippen LogP) is 6.01. The molecule has 166 valence electrons. The van der Waals surface area contributed by atoms with Gasteiger partial charge in [0.25, 0.3) is 5.60 Å². The second-order valence-corrected chi connectivity index (χ2v) is 6.82. The average Bonchev–Trinajstić information content (AvgIpc) is 2.66. The summed E-state index contributed by atoms with van der Waals surface area (Å²) >= 11 is 3.27. The average molecular weight is 502 g/mol. The van der Waals surface area contributed by atoms with Crippen LogP contribution >= 0.6 is 15.9 Å². The number of aliphatic hydroxyl groups excluding tert-OH is 1. The van der Waals surface area contributed by atoms with Gasteiger partial charge in [0.05, 0.1) is 0 Å². The first-order valence-electron chi connectivity index (χ1n) is 8.70. The normalized spacial score (nSPS) is 12.8. The molecule has 0 atom stereocenters. The van der Waals surface area contributed by atoms with Crippen LogP contribution in [0.1, 0.15) is 30.0 Å². The third-order valence-corrected chi connectivity index (χ3v) is 4.88. The Morgan fingerprint density at radius 2 is 1.70 bits per heavy atom. The number of nitrogens with zero attached hydrogens (tertiary/aromatic N) is 1. The van der Waals surface area contributed by atoms with Gasteiger partial charge in [-0.3, -0.25) is 0 Å². The van der Waals surface area contributed by atoms with Crippen molar-refractivity contribution in [3.63, 3.8) is 0 Å². The van der Waals surface area contributed by atoms with Gasteiger partial charge in [-0.25, -0.2) is 4.98 Å². The number of rotatable bonds is 8. The Balaban J connectivity index is 2.59. The molecule has 1 aromatic carbocycles. The summed E-state index contributed by atoms with van der Waals surface area (Å²) in [4.78, 5) is 4.00. The highest BCUT2D eigenvalue weighted by Gasteiger charge is 2.73. The Labute approximate surface area is 177 Å². The van der Waals surface area contributed by atoms with Gasteiger partial charge in [0, 0.05) is 23.2 Å². The molecule has 0 unspecified atom stereocenters. The van der Waals surface area contributed by atoms with E-state index in [1.54, 1.807) is 19.1 Å². The van der Waals surface area contributed by atoms with Crippen molar-refractivity contribution in [2.45, 2.75) is 43.0 Å². The summed E-state index contributed by atoms with van der Waals surface area (Å²) in [5.74, 6) is 0.212. The number of pyridine rings is 1. The molecule has 4 nitrogen and oxygen atoms in total. The zero-order valence-electron chi connectivity index (χ0n) is 15.6. The van der Waals surface area contributed by atoms with Crippen molar-refractivity contribution in [3.05, 3.63) is 53.2 Å². The zero-order chi connectivity index (χ0) is 22.6. The smallest absolute Gasteiger partial charge is 0.430 e. The maximum atomic E-state index is 13.6. The number of aryl methyl sites for hydroxylation is 1.